The number of hydrogen-bond acceptors (Lipinski definition) is 3. The molecule has 20 heavy (non-hydrogen) atoms. The fraction of sp³-hybridized carbons (Fsp3) is 0.438. The summed E-state index contributed by atoms with van der Waals surface area (Å²) in [6, 6.07) is 10.2. The molecule has 1 heterocycles. The molecule has 2 rings (SSSR count). The van der Waals surface area contributed by atoms with Gasteiger partial charge in [-0.15, -0.1) is 0 Å². The van der Waals surface area contributed by atoms with Crippen molar-refractivity contribution in [1.29, 1.82) is 0 Å². The Hall–Kier alpha value is -1.97. The summed E-state index contributed by atoms with van der Waals surface area (Å²) in [5.41, 5.74) is 10.4. The van der Waals surface area contributed by atoms with Gasteiger partial charge < -0.3 is 10.6 Å². The molecule has 4 nitrogen and oxygen atoms in total. The summed E-state index contributed by atoms with van der Waals surface area (Å²) in [5, 5.41) is 4.61. The quantitative estimate of drug-likeness (QED) is 0.822. The summed E-state index contributed by atoms with van der Waals surface area (Å²) >= 11 is 0. The van der Waals surface area contributed by atoms with E-state index in [4.69, 9.17) is 5.73 Å². The highest BCUT2D eigenvalue weighted by molar-refractivity contribution is 5.67. The number of para-hydroxylation sites is 2. The van der Waals surface area contributed by atoms with Crippen molar-refractivity contribution in [2.45, 2.75) is 40.3 Å². The Bertz CT molecular complexity index is 559. The second-order valence-electron chi connectivity index (χ2n) is 4.87. The Balaban J connectivity index is 2.26. The lowest BCUT2D eigenvalue weighted by Crippen LogP contribution is -2.24. The van der Waals surface area contributed by atoms with E-state index >= 15 is 0 Å². The molecule has 0 aliphatic heterocycles. The molecule has 1 aromatic heterocycles. The molecule has 0 spiro atoms. The minimum Gasteiger partial charge on any atom is -0.397 e. The molecule has 2 N–H and O–H groups in total. The fourth-order valence-corrected chi connectivity index (χ4v) is 2.43. The van der Waals surface area contributed by atoms with E-state index in [1.165, 1.54) is 5.69 Å². The zero-order valence-electron chi connectivity index (χ0n) is 12.6. The first-order chi connectivity index (χ1) is 9.69. The lowest BCUT2D eigenvalue weighted by atomic mass is 10.2. The van der Waals surface area contributed by atoms with Gasteiger partial charge in [0.2, 0.25) is 0 Å². The van der Waals surface area contributed by atoms with Gasteiger partial charge in [0.25, 0.3) is 0 Å². The van der Waals surface area contributed by atoms with E-state index in [1.54, 1.807) is 0 Å². The first-order valence-electron chi connectivity index (χ1n) is 7.34. The smallest absolute Gasteiger partial charge is 0.0625 e. The van der Waals surface area contributed by atoms with Crippen molar-refractivity contribution < 1.29 is 0 Å². The minimum atomic E-state index is 0.827. The van der Waals surface area contributed by atoms with Crippen molar-refractivity contribution in [2.24, 2.45) is 0 Å². The SMILES string of the molecule is CCc1cc(CN(CC)c2ccccc2N)n(CC)n1. The molecule has 0 fully saturated rings. The van der Waals surface area contributed by atoms with E-state index in [9.17, 15) is 0 Å². The molecule has 2 aromatic rings. The Morgan fingerprint density at radius 1 is 1.20 bits per heavy atom. The molecule has 0 radical (unpaired) electrons. The lowest BCUT2D eigenvalue weighted by Gasteiger charge is -2.24. The average molecular weight is 272 g/mol. The highest BCUT2D eigenvalue weighted by atomic mass is 15.3. The van der Waals surface area contributed by atoms with Gasteiger partial charge in [0.1, 0.15) is 0 Å². The number of hydrogen-bond donors (Lipinski definition) is 1. The van der Waals surface area contributed by atoms with Crippen molar-refractivity contribution in [3.05, 3.63) is 41.7 Å². The molecule has 0 amide bonds. The van der Waals surface area contributed by atoms with E-state index in [0.717, 1.165) is 43.1 Å². The van der Waals surface area contributed by atoms with Crippen molar-refractivity contribution in [3.63, 3.8) is 0 Å². The summed E-state index contributed by atoms with van der Waals surface area (Å²) in [5.74, 6) is 0. The van der Waals surface area contributed by atoms with Crippen LogP contribution in [0.1, 0.15) is 32.2 Å². The van der Waals surface area contributed by atoms with Crippen molar-refractivity contribution in [1.82, 2.24) is 9.78 Å². The van der Waals surface area contributed by atoms with Gasteiger partial charge in [0.15, 0.2) is 0 Å². The van der Waals surface area contributed by atoms with Gasteiger partial charge in [-0.25, -0.2) is 0 Å². The molecule has 0 aliphatic rings. The molecule has 0 aliphatic carbocycles. The number of rotatable bonds is 6. The van der Waals surface area contributed by atoms with Crippen molar-refractivity contribution >= 4 is 11.4 Å². The van der Waals surface area contributed by atoms with Crippen LogP contribution in [-0.4, -0.2) is 16.3 Å². The normalized spacial score (nSPS) is 10.8. The van der Waals surface area contributed by atoms with E-state index in [2.05, 4.69) is 47.6 Å². The van der Waals surface area contributed by atoms with Crippen LogP contribution in [0.15, 0.2) is 30.3 Å². The number of anilines is 2. The topological polar surface area (TPSA) is 47.1 Å². The molecule has 1 aromatic carbocycles. The second kappa shape index (κ2) is 6.46. The highest BCUT2D eigenvalue weighted by Gasteiger charge is 2.12. The number of aromatic nitrogens is 2. The average Bonchev–Trinajstić information content (AvgIpc) is 2.88. The maximum Gasteiger partial charge on any atom is 0.0625 e. The third-order valence-electron chi connectivity index (χ3n) is 3.59. The van der Waals surface area contributed by atoms with Crippen LogP contribution < -0.4 is 10.6 Å². The van der Waals surface area contributed by atoms with Crippen LogP contribution in [0.5, 0.6) is 0 Å². The molecule has 0 bridgehead atoms. The largest absolute Gasteiger partial charge is 0.397 e. The molecule has 0 unspecified atom stereocenters. The van der Waals surface area contributed by atoms with Gasteiger partial charge in [-0.3, -0.25) is 4.68 Å². The first kappa shape index (κ1) is 14.4. The van der Waals surface area contributed by atoms with E-state index < -0.39 is 0 Å². The molecular formula is C16H24N4. The molecule has 0 saturated heterocycles. The summed E-state index contributed by atoms with van der Waals surface area (Å²) in [7, 11) is 0. The molecular weight excluding hydrogens is 248 g/mol. The maximum absolute atomic E-state index is 6.09. The molecule has 0 atom stereocenters. The number of nitrogens with zero attached hydrogens (tertiary/aromatic N) is 3. The van der Waals surface area contributed by atoms with E-state index in [-0.39, 0.29) is 0 Å². The third-order valence-corrected chi connectivity index (χ3v) is 3.59. The number of nitrogen functional groups attached to an aromatic ring is 1. The number of aryl methyl sites for hydroxylation is 2. The highest BCUT2D eigenvalue weighted by Crippen LogP contribution is 2.24. The van der Waals surface area contributed by atoms with Crippen LogP contribution in [0.4, 0.5) is 11.4 Å². The van der Waals surface area contributed by atoms with E-state index in [1.807, 2.05) is 18.2 Å². The van der Waals surface area contributed by atoms with Gasteiger partial charge in [0, 0.05) is 13.1 Å². The number of nitrogens with two attached hydrogens (primary N) is 1. The van der Waals surface area contributed by atoms with Gasteiger partial charge >= 0.3 is 0 Å². The van der Waals surface area contributed by atoms with Crippen LogP contribution in [0.3, 0.4) is 0 Å². The van der Waals surface area contributed by atoms with Crippen LogP contribution in [0.25, 0.3) is 0 Å². The van der Waals surface area contributed by atoms with Crippen LogP contribution in [0, 0.1) is 0 Å². The molecule has 4 heteroatoms. The zero-order valence-corrected chi connectivity index (χ0v) is 12.6. The summed E-state index contributed by atoms with van der Waals surface area (Å²) in [4.78, 5) is 2.29. The lowest BCUT2D eigenvalue weighted by molar-refractivity contribution is 0.605. The predicted molar refractivity (Wildman–Crippen MR) is 84.9 cm³/mol. The summed E-state index contributed by atoms with van der Waals surface area (Å²) < 4.78 is 2.08. The van der Waals surface area contributed by atoms with Gasteiger partial charge in [-0.1, -0.05) is 19.1 Å². The van der Waals surface area contributed by atoms with Crippen molar-refractivity contribution in [2.75, 3.05) is 17.2 Å². The number of benzene rings is 1. The first-order valence-corrected chi connectivity index (χ1v) is 7.34. The van der Waals surface area contributed by atoms with E-state index in [0.29, 0.717) is 0 Å². The Morgan fingerprint density at radius 3 is 2.55 bits per heavy atom. The minimum absolute atomic E-state index is 0.827. The molecule has 0 saturated carbocycles. The maximum atomic E-state index is 6.09. The summed E-state index contributed by atoms with van der Waals surface area (Å²) in [6.07, 6.45) is 0.972. The third kappa shape index (κ3) is 2.95. The second-order valence-corrected chi connectivity index (χ2v) is 4.87. The standard InChI is InChI=1S/C16H24N4/c1-4-13-11-14(20(6-3)18-13)12-19(5-2)16-10-8-7-9-15(16)17/h7-11H,4-6,12,17H2,1-3H3. The van der Waals surface area contributed by atoms with Crippen LogP contribution in [0.2, 0.25) is 0 Å². The summed E-state index contributed by atoms with van der Waals surface area (Å²) in [6.45, 7) is 9.08. The monoisotopic (exact) mass is 272 g/mol. The fourth-order valence-electron chi connectivity index (χ4n) is 2.43. The molecule has 108 valence electrons. The van der Waals surface area contributed by atoms with Crippen molar-refractivity contribution in [3.8, 4) is 0 Å². The van der Waals surface area contributed by atoms with Gasteiger partial charge in [-0.2, -0.15) is 5.10 Å². The Morgan fingerprint density at radius 2 is 1.95 bits per heavy atom. The van der Waals surface area contributed by atoms with Crippen LogP contribution in [-0.2, 0) is 19.5 Å². The van der Waals surface area contributed by atoms with Gasteiger partial charge in [0.05, 0.1) is 29.3 Å². The zero-order chi connectivity index (χ0) is 14.5. The Labute approximate surface area is 121 Å². The van der Waals surface area contributed by atoms with Crippen LogP contribution >= 0.6 is 0 Å². The Kier molecular flexibility index (Phi) is 4.66. The van der Waals surface area contributed by atoms with Gasteiger partial charge in [-0.05, 0) is 38.5 Å². The predicted octanol–water partition coefficient (Wildman–Crippen LogP) is 3.07.